The smallest absolute Gasteiger partial charge is 0.251 e. The predicted molar refractivity (Wildman–Crippen MR) is 90.6 cm³/mol. The Morgan fingerprint density at radius 1 is 1.19 bits per heavy atom. The average Bonchev–Trinajstić information content (AvgIpc) is 2.48. The van der Waals surface area contributed by atoms with E-state index in [1.54, 1.807) is 0 Å². The van der Waals surface area contributed by atoms with Gasteiger partial charge in [0, 0.05) is 28.3 Å². The van der Waals surface area contributed by atoms with Crippen molar-refractivity contribution in [2.75, 3.05) is 11.9 Å². The van der Waals surface area contributed by atoms with Gasteiger partial charge in [0.1, 0.15) is 0 Å². The molecule has 2 aromatic rings. The summed E-state index contributed by atoms with van der Waals surface area (Å²) in [7, 11) is 0. The second-order valence-electron chi connectivity index (χ2n) is 4.86. The normalized spacial score (nSPS) is 11.8. The first kappa shape index (κ1) is 15.6. The van der Waals surface area contributed by atoms with E-state index < -0.39 is 0 Å². The van der Waals surface area contributed by atoms with Gasteiger partial charge in [-0.05, 0) is 55.8 Å². The molecular formula is C17H19BrN2O. The van der Waals surface area contributed by atoms with E-state index in [1.165, 1.54) is 5.56 Å². The maximum absolute atomic E-state index is 11.7. The first-order valence-corrected chi connectivity index (χ1v) is 7.79. The Bertz CT molecular complexity index is 610. The molecule has 21 heavy (non-hydrogen) atoms. The summed E-state index contributed by atoms with van der Waals surface area (Å²) in [4.78, 5) is 11.7. The average molecular weight is 347 g/mol. The lowest BCUT2D eigenvalue weighted by Gasteiger charge is -2.16. The second kappa shape index (κ2) is 7.27. The van der Waals surface area contributed by atoms with Crippen LogP contribution < -0.4 is 10.6 Å². The quantitative estimate of drug-likeness (QED) is 0.843. The molecule has 0 saturated heterocycles. The maximum Gasteiger partial charge on any atom is 0.251 e. The van der Waals surface area contributed by atoms with Crippen LogP contribution in [-0.4, -0.2) is 12.5 Å². The minimum absolute atomic E-state index is 0.0379. The van der Waals surface area contributed by atoms with Gasteiger partial charge in [-0.25, -0.2) is 0 Å². The van der Waals surface area contributed by atoms with Crippen molar-refractivity contribution in [3.8, 4) is 0 Å². The number of hydrogen-bond acceptors (Lipinski definition) is 2. The number of amides is 1. The number of rotatable bonds is 5. The minimum Gasteiger partial charge on any atom is -0.379 e. The van der Waals surface area contributed by atoms with Gasteiger partial charge in [-0.2, -0.15) is 0 Å². The van der Waals surface area contributed by atoms with Gasteiger partial charge in [-0.15, -0.1) is 0 Å². The number of nitrogens with one attached hydrogen (secondary N) is 2. The fourth-order valence-corrected chi connectivity index (χ4v) is 2.51. The summed E-state index contributed by atoms with van der Waals surface area (Å²) in [6, 6.07) is 15.9. The lowest BCUT2D eigenvalue weighted by molar-refractivity contribution is 0.0956. The number of carbonyl (C=O) groups is 1. The molecule has 4 heteroatoms. The Labute approximate surface area is 133 Å². The molecule has 1 atom stereocenters. The Kier molecular flexibility index (Phi) is 5.39. The number of halogens is 1. The van der Waals surface area contributed by atoms with Crippen LogP contribution in [0.25, 0.3) is 0 Å². The number of hydrogen-bond donors (Lipinski definition) is 2. The second-order valence-corrected chi connectivity index (χ2v) is 5.77. The molecule has 0 aliphatic rings. The van der Waals surface area contributed by atoms with Crippen LogP contribution in [0.4, 0.5) is 5.69 Å². The summed E-state index contributed by atoms with van der Waals surface area (Å²) >= 11 is 3.48. The zero-order chi connectivity index (χ0) is 15.2. The molecule has 2 N–H and O–H groups in total. The van der Waals surface area contributed by atoms with Gasteiger partial charge in [0.2, 0.25) is 0 Å². The van der Waals surface area contributed by atoms with Crippen molar-refractivity contribution < 1.29 is 4.79 Å². The molecule has 1 amide bonds. The van der Waals surface area contributed by atoms with Crippen molar-refractivity contribution in [3.63, 3.8) is 0 Å². The van der Waals surface area contributed by atoms with Gasteiger partial charge in [-0.1, -0.05) is 28.1 Å². The van der Waals surface area contributed by atoms with E-state index >= 15 is 0 Å². The highest BCUT2D eigenvalue weighted by molar-refractivity contribution is 9.10. The highest BCUT2D eigenvalue weighted by Crippen LogP contribution is 2.22. The van der Waals surface area contributed by atoms with Crippen LogP contribution in [0.2, 0.25) is 0 Å². The molecule has 0 aliphatic heterocycles. The largest absolute Gasteiger partial charge is 0.379 e. The number of benzene rings is 2. The topological polar surface area (TPSA) is 41.1 Å². The fraction of sp³-hybridized carbons (Fsp3) is 0.235. The molecule has 0 bridgehead atoms. The van der Waals surface area contributed by atoms with Crippen molar-refractivity contribution in [3.05, 3.63) is 64.1 Å². The summed E-state index contributed by atoms with van der Waals surface area (Å²) < 4.78 is 1.07. The van der Waals surface area contributed by atoms with Crippen LogP contribution in [0.15, 0.2) is 53.0 Å². The van der Waals surface area contributed by atoms with E-state index in [9.17, 15) is 4.79 Å². The van der Waals surface area contributed by atoms with Crippen molar-refractivity contribution in [1.29, 1.82) is 0 Å². The SMILES string of the molecule is CCNC(=O)c1ccc(NC(C)c2cccc(Br)c2)cc1. The monoisotopic (exact) mass is 346 g/mol. The van der Waals surface area contributed by atoms with Crippen LogP contribution in [0, 0.1) is 0 Å². The Morgan fingerprint density at radius 3 is 2.52 bits per heavy atom. The predicted octanol–water partition coefficient (Wildman–Crippen LogP) is 4.37. The standard InChI is InChI=1S/C17H19BrN2O/c1-3-19-17(21)13-7-9-16(10-8-13)20-12(2)14-5-4-6-15(18)11-14/h4-12,20H,3H2,1-2H3,(H,19,21). The summed E-state index contributed by atoms with van der Waals surface area (Å²) in [6.45, 7) is 4.66. The van der Waals surface area contributed by atoms with Crippen LogP contribution in [-0.2, 0) is 0 Å². The molecule has 110 valence electrons. The van der Waals surface area contributed by atoms with Crippen LogP contribution in [0.5, 0.6) is 0 Å². The van der Waals surface area contributed by atoms with E-state index in [-0.39, 0.29) is 11.9 Å². The van der Waals surface area contributed by atoms with Gasteiger partial charge in [-0.3, -0.25) is 4.79 Å². The van der Waals surface area contributed by atoms with Gasteiger partial charge in [0.15, 0.2) is 0 Å². The summed E-state index contributed by atoms with van der Waals surface area (Å²) in [5.74, 6) is -0.0379. The Balaban J connectivity index is 2.04. The zero-order valence-corrected chi connectivity index (χ0v) is 13.8. The van der Waals surface area contributed by atoms with Crippen molar-refractivity contribution in [2.45, 2.75) is 19.9 Å². The lowest BCUT2D eigenvalue weighted by Crippen LogP contribution is -2.22. The Morgan fingerprint density at radius 2 is 1.90 bits per heavy atom. The summed E-state index contributed by atoms with van der Waals surface area (Å²) in [5, 5.41) is 6.22. The van der Waals surface area contributed by atoms with Gasteiger partial charge < -0.3 is 10.6 Å². The minimum atomic E-state index is -0.0379. The summed E-state index contributed by atoms with van der Waals surface area (Å²) in [5.41, 5.74) is 2.88. The van der Waals surface area contributed by atoms with Gasteiger partial charge >= 0.3 is 0 Å². The molecule has 0 aliphatic carbocycles. The molecule has 0 saturated carbocycles. The Hall–Kier alpha value is -1.81. The fourth-order valence-electron chi connectivity index (χ4n) is 2.09. The first-order chi connectivity index (χ1) is 10.1. The molecule has 2 rings (SSSR count). The van der Waals surface area contributed by atoms with Gasteiger partial charge in [0.05, 0.1) is 0 Å². The molecule has 0 radical (unpaired) electrons. The van der Waals surface area contributed by atoms with E-state index in [0.29, 0.717) is 12.1 Å². The molecule has 3 nitrogen and oxygen atoms in total. The molecule has 0 fully saturated rings. The maximum atomic E-state index is 11.7. The van der Waals surface area contributed by atoms with Crippen molar-refractivity contribution in [1.82, 2.24) is 5.32 Å². The van der Waals surface area contributed by atoms with E-state index in [2.05, 4.69) is 45.6 Å². The third kappa shape index (κ3) is 4.33. The van der Waals surface area contributed by atoms with Crippen molar-refractivity contribution in [2.24, 2.45) is 0 Å². The van der Waals surface area contributed by atoms with Crippen LogP contribution in [0.1, 0.15) is 35.8 Å². The zero-order valence-electron chi connectivity index (χ0n) is 12.2. The van der Waals surface area contributed by atoms with Gasteiger partial charge in [0.25, 0.3) is 5.91 Å². The van der Waals surface area contributed by atoms with Crippen LogP contribution in [0.3, 0.4) is 0 Å². The molecule has 0 heterocycles. The third-order valence-corrected chi connectivity index (χ3v) is 3.71. The third-order valence-electron chi connectivity index (χ3n) is 3.22. The number of carbonyl (C=O) groups excluding carboxylic acids is 1. The molecule has 2 aromatic carbocycles. The van der Waals surface area contributed by atoms with Crippen molar-refractivity contribution >= 4 is 27.5 Å². The van der Waals surface area contributed by atoms with E-state index in [1.807, 2.05) is 43.3 Å². The van der Waals surface area contributed by atoms with E-state index in [0.717, 1.165) is 10.2 Å². The molecule has 1 unspecified atom stereocenters. The van der Waals surface area contributed by atoms with E-state index in [4.69, 9.17) is 0 Å². The lowest BCUT2D eigenvalue weighted by atomic mass is 10.1. The van der Waals surface area contributed by atoms with Crippen LogP contribution >= 0.6 is 15.9 Å². The summed E-state index contributed by atoms with van der Waals surface area (Å²) in [6.07, 6.45) is 0. The highest BCUT2D eigenvalue weighted by Gasteiger charge is 2.07. The highest BCUT2D eigenvalue weighted by atomic mass is 79.9. The number of anilines is 1. The molecule has 0 spiro atoms. The molecular weight excluding hydrogens is 328 g/mol. The molecule has 0 aromatic heterocycles. The first-order valence-electron chi connectivity index (χ1n) is 7.00.